The highest BCUT2D eigenvalue weighted by molar-refractivity contribution is 6.27. The fraction of sp³-hybridized carbons (Fsp3) is 0.429. The van der Waals surface area contributed by atoms with E-state index in [1.54, 1.807) is 0 Å². The summed E-state index contributed by atoms with van der Waals surface area (Å²) in [6.07, 6.45) is -0.594. The molecule has 7 nitrogen and oxygen atoms in total. The van der Waals surface area contributed by atoms with Gasteiger partial charge in [-0.2, -0.15) is 0 Å². The lowest BCUT2D eigenvalue weighted by molar-refractivity contribution is -0.156. The smallest absolute Gasteiger partial charge is 0.272 e. The number of allylic oxidation sites excluding steroid dienone is 2. The molecule has 0 spiro atoms. The monoisotopic (exact) mass is 325 g/mol. The van der Waals surface area contributed by atoms with Gasteiger partial charge in [-0.1, -0.05) is 0 Å². The first-order valence-electron chi connectivity index (χ1n) is 6.90. The molecular formula is C14H13F2N3O4. The molecule has 1 atom stereocenters. The molecular weight excluding hydrogens is 312 g/mol. The zero-order valence-corrected chi connectivity index (χ0v) is 12.1. The molecule has 2 fully saturated rings. The van der Waals surface area contributed by atoms with Gasteiger partial charge in [-0.3, -0.25) is 29.4 Å². The normalized spacial score (nSPS) is 30.4. The quantitative estimate of drug-likeness (QED) is 0.645. The Kier molecular flexibility index (Phi) is 2.97. The Morgan fingerprint density at radius 3 is 2.48 bits per heavy atom. The minimum Gasteiger partial charge on any atom is -0.401 e. The van der Waals surface area contributed by atoms with Crippen molar-refractivity contribution in [3.63, 3.8) is 0 Å². The Hall–Kier alpha value is -2.58. The lowest BCUT2D eigenvalue weighted by Gasteiger charge is -2.37. The summed E-state index contributed by atoms with van der Waals surface area (Å²) in [5, 5.41) is 2.06. The van der Waals surface area contributed by atoms with Crippen LogP contribution in [-0.4, -0.2) is 40.0 Å². The molecule has 0 bridgehead atoms. The summed E-state index contributed by atoms with van der Waals surface area (Å²) in [6, 6.07) is 0. The SMILES string of the molecule is CC1(N2C(=O)C3=CC(F)(F)CC(N)=C3C2=O)CCC(=O)NC1=O. The summed E-state index contributed by atoms with van der Waals surface area (Å²) in [7, 11) is 0. The Morgan fingerprint density at radius 2 is 1.87 bits per heavy atom. The van der Waals surface area contributed by atoms with Gasteiger partial charge < -0.3 is 5.73 Å². The third-order valence-electron chi connectivity index (χ3n) is 4.30. The first-order chi connectivity index (χ1) is 10.6. The number of fused-ring (bicyclic) bond motifs is 1. The van der Waals surface area contributed by atoms with Gasteiger partial charge in [0.05, 0.1) is 17.6 Å². The van der Waals surface area contributed by atoms with Crippen LogP contribution in [0.4, 0.5) is 8.78 Å². The number of alkyl halides is 2. The molecule has 0 saturated carbocycles. The Balaban J connectivity index is 2.08. The van der Waals surface area contributed by atoms with E-state index in [1.165, 1.54) is 6.92 Å². The van der Waals surface area contributed by atoms with Gasteiger partial charge in [0.25, 0.3) is 23.6 Å². The molecule has 2 aliphatic heterocycles. The molecule has 0 aromatic carbocycles. The molecule has 0 radical (unpaired) electrons. The van der Waals surface area contributed by atoms with Gasteiger partial charge in [0.2, 0.25) is 5.91 Å². The molecule has 3 rings (SSSR count). The number of halogens is 2. The number of imide groups is 2. The maximum atomic E-state index is 13.6. The third-order valence-corrected chi connectivity index (χ3v) is 4.30. The lowest BCUT2D eigenvalue weighted by atomic mass is 9.89. The second-order valence-corrected chi connectivity index (χ2v) is 5.99. The van der Waals surface area contributed by atoms with Gasteiger partial charge in [-0.15, -0.1) is 0 Å². The van der Waals surface area contributed by atoms with Crippen LogP contribution in [0.15, 0.2) is 22.9 Å². The molecule has 4 amide bonds. The van der Waals surface area contributed by atoms with Crippen LogP contribution in [-0.2, 0) is 19.2 Å². The number of carbonyl (C=O) groups is 4. The van der Waals surface area contributed by atoms with Crippen LogP contribution in [0.2, 0.25) is 0 Å². The number of carbonyl (C=O) groups excluding carboxylic acids is 4. The highest BCUT2D eigenvalue weighted by Crippen LogP contribution is 2.42. The van der Waals surface area contributed by atoms with Gasteiger partial charge in [0.15, 0.2) is 0 Å². The topological polar surface area (TPSA) is 110 Å². The number of likely N-dealkylation sites (tertiary alicyclic amines) is 1. The van der Waals surface area contributed by atoms with Crippen LogP contribution in [0.25, 0.3) is 0 Å². The molecule has 0 aromatic heterocycles. The number of piperidine rings is 1. The molecule has 23 heavy (non-hydrogen) atoms. The molecule has 0 aromatic rings. The van der Waals surface area contributed by atoms with E-state index in [0.717, 1.165) is 0 Å². The summed E-state index contributed by atoms with van der Waals surface area (Å²) < 4.78 is 27.2. The molecule has 3 N–H and O–H groups in total. The van der Waals surface area contributed by atoms with Crippen molar-refractivity contribution in [2.45, 2.75) is 37.6 Å². The number of hydrogen-bond donors (Lipinski definition) is 2. The molecule has 122 valence electrons. The highest BCUT2D eigenvalue weighted by Gasteiger charge is 2.56. The van der Waals surface area contributed by atoms with Crippen LogP contribution in [0.3, 0.4) is 0 Å². The fourth-order valence-corrected chi connectivity index (χ4v) is 3.05. The van der Waals surface area contributed by atoms with Crippen molar-refractivity contribution in [3.8, 4) is 0 Å². The van der Waals surface area contributed by atoms with Crippen molar-refractivity contribution in [1.82, 2.24) is 10.2 Å². The maximum Gasteiger partial charge on any atom is 0.272 e. The molecule has 9 heteroatoms. The van der Waals surface area contributed by atoms with Gasteiger partial charge in [-0.25, -0.2) is 8.78 Å². The number of hydrogen-bond acceptors (Lipinski definition) is 5. The van der Waals surface area contributed by atoms with E-state index in [9.17, 15) is 28.0 Å². The second-order valence-electron chi connectivity index (χ2n) is 5.99. The van der Waals surface area contributed by atoms with Gasteiger partial charge >= 0.3 is 0 Å². The van der Waals surface area contributed by atoms with Crippen molar-refractivity contribution < 1.29 is 28.0 Å². The molecule has 3 aliphatic rings. The number of amides is 4. The Labute approximate surface area is 129 Å². The number of rotatable bonds is 1. The predicted octanol–water partition coefficient (Wildman–Crippen LogP) is -0.271. The average molecular weight is 325 g/mol. The minimum atomic E-state index is -3.33. The first-order valence-corrected chi connectivity index (χ1v) is 6.90. The van der Waals surface area contributed by atoms with E-state index >= 15 is 0 Å². The van der Waals surface area contributed by atoms with Crippen molar-refractivity contribution in [2.24, 2.45) is 5.73 Å². The minimum absolute atomic E-state index is 0.0664. The van der Waals surface area contributed by atoms with Gasteiger partial charge in [0, 0.05) is 12.1 Å². The first kappa shape index (κ1) is 15.3. The van der Waals surface area contributed by atoms with E-state index < -0.39 is 47.1 Å². The fourth-order valence-electron chi connectivity index (χ4n) is 3.05. The van der Waals surface area contributed by atoms with Crippen LogP contribution in [0, 0.1) is 0 Å². The van der Waals surface area contributed by atoms with Crippen molar-refractivity contribution >= 4 is 23.6 Å². The van der Waals surface area contributed by atoms with E-state index in [4.69, 9.17) is 5.73 Å². The molecule has 1 unspecified atom stereocenters. The summed E-state index contributed by atoms with van der Waals surface area (Å²) in [5.41, 5.74) is 2.76. The van der Waals surface area contributed by atoms with Crippen LogP contribution in [0.5, 0.6) is 0 Å². The lowest BCUT2D eigenvalue weighted by Crippen LogP contribution is -2.62. The molecule has 2 saturated heterocycles. The number of nitrogens with one attached hydrogen (secondary N) is 1. The maximum absolute atomic E-state index is 13.6. The van der Waals surface area contributed by atoms with Crippen molar-refractivity contribution in [3.05, 3.63) is 22.9 Å². The summed E-state index contributed by atoms with van der Waals surface area (Å²) in [6.45, 7) is 1.32. The second kappa shape index (κ2) is 4.46. The number of nitrogens with zero attached hydrogens (tertiary/aromatic N) is 1. The highest BCUT2D eigenvalue weighted by atomic mass is 19.3. The standard InChI is InChI=1S/C14H13F2N3O4/c1-13(3-2-8(20)18-12(13)23)19-10(21)6-4-14(15,16)5-7(17)9(6)11(19)22/h4H,2-3,5,17H2,1H3,(H,18,20,23). The third kappa shape index (κ3) is 2.07. The van der Waals surface area contributed by atoms with Gasteiger partial charge in [0.1, 0.15) is 5.54 Å². The Morgan fingerprint density at radius 1 is 1.22 bits per heavy atom. The van der Waals surface area contributed by atoms with Crippen LogP contribution < -0.4 is 11.1 Å². The number of nitrogens with two attached hydrogens (primary N) is 1. The van der Waals surface area contributed by atoms with E-state index in [0.29, 0.717) is 11.0 Å². The zero-order valence-electron chi connectivity index (χ0n) is 12.1. The summed E-state index contributed by atoms with van der Waals surface area (Å²) in [5.74, 6) is -6.56. The average Bonchev–Trinajstić information content (AvgIpc) is 2.65. The van der Waals surface area contributed by atoms with Crippen molar-refractivity contribution in [2.75, 3.05) is 0 Å². The largest absolute Gasteiger partial charge is 0.401 e. The van der Waals surface area contributed by atoms with Crippen LogP contribution in [0.1, 0.15) is 26.2 Å². The zero-order chi connectivity index (χ0) is 17.2. The summed E-state index contributed by atoms with van der Waals surface area (Å²) >= 11 is 0. The van der Waals surface area contributed by atoms with E-state index in [2.05, 4.69) is 5.32 Å². The van der Waals surface area contributed by atoms with Gasteiger partial charge in [-0.05, 0) is 19.4 Å². The summed E-state index contributed by atoms with van der Waals surface area (Å²) in [4.78, 5) is 49.0. The van der Waals surface area contributed by atoms with E-state index in [-0.39, 0.29) is 24.1 Å². The molecule has 2 heterocycles. The van der Waals surface area contributed by atoms with Crippen molar-refractivity contribution in [1.29, 1.82) is 0 Å². The predicted molar refractivity (Wildman–Crippen MR) is 71.5 cm³/mol. The molecule has 1 aliphatic carbocycles. The Bertz CT molecular complexity index is 740. The van der Waals surface area contributed by atoms with E-state index in [1.807, 2.05) is 0 Å². The van der Waals surface area contributed by atoms with Crippen LogP contribution >= 0.6 is 0 Å².